The Morgan fingerprint density at radius 3 is 1.71 bits per heavy atom. The van der Waals surface area contributed by atoms with Crippen LogP contribution in [0.15, 0.2) is 156 Å². The largest absolute Gasteiger partial charge is 0.456 e. The number of furan rings is 1. The third-order valence-electron chi connectivity index (χ3n) is 8.47. The van der Waals surface area contributed by atoms with Crippen LogP contribution in [0.1, 0.15) is 0 Å². The molecule has 9 rings (SSSR count). The van der Waals surface area contributed by atoms with Gasteiger partial charge in [0.05, 0.1) is 0 Å². The van der Waals surface area contributed by atoms with Crippen LogP contribution in [0.25, 0.3) is 88.8 Å². The maximum atomic E-state index is 6.15. The Labute approximate surface area is 259 Å². The molecule has 45 heavy (non-hydrogen) atoms. The minimum atomic E-state index is 0.646. The first-order chi connectivity index (χ1) is 22.3. The van der Waals surface area contributed by atoms with E-state index in [9.17, 15) is 0 Å². The Bertz CT molecular complexity index is 2480. The summed E-state index contributed by atoms with van der Waals surface area (Å²) in [5.74, 6) is 1.94. The monoisotopic (exact) mass is 575 g/mol. The Morgan fingerprint density at radius 1 is 0.333 bits per heavy atom. The second-order valence-electron chi connectivity index (χ2n) is 11.3. The summed E-state index contributed by atoms with van der Waals surface area (Å²) < 4.78 is 6.15. The number of benzene rings is 7. The van der Waals surface area contributed by atoms with E-state index in [1.807, 2.05) is 72.8 Å². The Balaban J connectivity index is 1.25. The van der Waals surface area contributed by atoms with Crippen LogP contribution in [0, 0.1) is 0 Å². The summed E-state index contributed by atoms with van der Waals surface area (Å²) in [4.78, 5) is 15.0. The maximum absolute atomic E-state index is 6.15. The van der Waals surface area contributed by atoms with Crippen molar-refractivity contribution in [3.63, 3.8) is 0 Å². The predicted molar refractivity (Wildman–Crippen MR) is 184 cm³/mol. The molecule has 0 atom stereocenters. The van der Waals surface area contributed by atoms with Gasteiger partial charge in [-0.3, -0.25) is 0 Å². The Morgan fingerprint density at radius 2 is 0.956 bits per heavy atom. The van der Waals surface area contributed by atoms with Crippen LogP contribution in [0.3, 0.4) is 0 Å². The fourth-order valence-corrected chi connectivity index (χ4v) is 6.24. The van der Waals surface area contributed by atoms with E-state index < -0.39 is 0 Å². The van der Waals surface area contributed by atoms with Gasteiger partial charge in [0.15, 0.2) is 17.5 Å². The van der Waals surface area contributed by atoms with Gasteiger partial charge in [-0.1, -0.05) is 115 Å². The molecule has 0 radical (unpaired) electrons. The van der Waals surface area contributed by atoms with Crippen molar-refractivity contribution in [1.82, 2.24) is 15.0 Å². The number of aromatic nitrogens is 3. The van der Waals surface area contributed by atoms with Crippen molar-refractivity contribution in [2.24, 2.45) is 0 Å². The van der Waals surface area contributed by atoms with E-state index in [4.69, 9.17) is 19.4 Å². The lowest BCUT2D eigenvalue weighted by Gasteiger charge is -2.13. The van der Waals surface area contributed by atoms with Crippen LogP contribution in [-0.2, 0) is 0 Å². The lowest BCUT2D eigenvalue weighted by Crippen LogP contribution is -2.00. The van der Waals surface area contributed by atoms with Gasteiger partial charge in [-0.15, -0.1) is 0 Å². The highest BCUT2D eigenvalue weighted by Crippen LogP contribution is 2.37. The van der Waals surface area contributed by atoms with Crippen molar-refractivity contribution in [3.05, 3.63) is 152 Å². The summed E-state index contributed by atoms with van der Waals surface area (Å²) in [5, 5.41) is 6.79. The van der Waals surface area contributed by atoms with Crippen LogP contribution in [0.4, 0.5) is 0 Å². The van der Waals surface area contributed by atoms with E-state index in [0.29, 0.717) is 17.5 Å². The molecule has 0 saturated heterocycles. The summed E-state index contributed by atoms with van der Waals surface area (Å²) in [7, 11) is 0. The number of rotatable bonds is 4. The SMILES string of the molecule is c1ccc(-c2nc(-c3ccccc3)nc(-c3cc(-c4ccc5cc6oc7ccccc7c6cc5c4)cc4ccccc34)n2)cc1. The molecule has 2 aromatic heterocycles. The fraction of sp³-hybridized carbons (Fsp3) is 0. The number of para-hydroxylation sites is 1. The summed E-state index contributed by atoms with van der Waals surface area (Å²) in [6, 6.07) is 52.3. The normalized spacial score (nSPS) is 11.6. The topological polar surface area (TPSA) is 51.8 Å². The molecule has 0 aliphatic rings. The number of fused-ring (bicyclic) bond motifs is 5. The Hall–Kier alpha value is -6.13. The van der Waals surface area contributed by atoms with Crippen LogP contribution in [0.5, 0.6) is 0 Å². The van der Waals surface area contributed by atoms with Crippen LogP contribution in [0.2, 0.25) is 0 Å². The zero-order chi connectivity index (χ0) is 29.7. The fourth-order valence-electron chi connectivity index (χ4n) is 6.24. The van der Waals surface area contributed by atoms with E-state index in [1.54, 1.807) is 0 Å². The van der Waals surface area contributed by atoms with E-state index in [1.165, 1.54) is 5.39 Å². The first kappa shape index (κ1) is 25.4. The summed E-state index contributed by atoms with van der Waals surface area (Å²) in [6.45, 7) is 0. The van der Waals surface area contributed by atoms with Crippen molar-refractivity contribution in [2.45, 2.75) is 0 Å². The molecular formula is C41H25N3O. The molecule has 9 aromatic rings. The molecule has 7 aromatic carbocycles. The van der Waals surface area contributed by atoms with E-state index >= 15 is 0 Å². The van der Waals surface area contributed by atoms with Crippen LogP contribution >= 0.6 is 0 Å². The highest BCUT2D eigenvalue weighted by molar-refractivity contribution is 6.10. The molecule has 0 fully saturated rings. The molecule has 0 aliphatic heterocycles. The van der Waals surface area contributed by atoms with E-state index in [2.05, 4.69) is 78.9 Å². The molecule has 0 unspecified atom stereocenters. The lowest BCUT2D eigenvalue weighted by atomic mass is 9.94. The number of nitrogens with zero attached hydrogens (tertiary/aromatic N) is 3. The molecule has 0 amide bonds. The van der Waals surface area contributed by atoms with Gasteiger partial charge in [0.2, 0.25) is 0 Å². The molecule has 4 heteroatoms. The van der Waals surface area contributed by atoms with Gasteiger partial charge < -0.3 is 4.42 Å². The average Bonchev–Trinajstić information content (AvgIpc) is 3.47. The molecule has 0 spiro atoms. The van der Waals surface area contributed by atoms with Gasteiger partial charge in [0.1, 0.15) is 11.2 Å². The highest BCUT2D eigenvalue weighted by Gasteiger charge is 2.16. The minimum absolute atomic E-state index is 0.646. The molecule has 210 valence electrons. The van der Waals surface area contributed by atoms with E-state index in [0.717, 1.165) is 65.9 Å². The van der Waals surface area contributed by atoms with Crippen LogP contribution < -0.4 is 0 Å². The standard InChI is InChI=1S/C41H25N3O/c1-3-11-26(12-4-1)39-42-40(27-13-5-2-6-14-27)44-41(43-39)36-24-32(22-30-15-7-8-16-33(30)36)28-19-20-29-25-38-35(23-31(29)21-28)34-17-9-10-18-37(34)45-38/h1-25H. The van der Waals surface area contributed by atoms with Gasteiger partial charge in [0.25, 0.3) is 0 Å². The maximum Gasteiger partial charge on any atom is 0.164 e. The van der Waals surface area contributed by atoms with Crippen molar-refractivity contribution in [3.8, 4) is 45.3 Å². The third-order valence-corrected chi connectivity index (χ3v) is 8.47. The first-order valence-corrected chi connectivity index (χ1v) is 15.0. The second kappa shape index (κ2) is 10.2. The summed E-state index contributed by atoms with van der Waals surface area (Å²) in [5.41, 5.74) is 6.91. The smallest absolute Gasteiger partial charge is 0.164 e. The van der Waals surface area contributed by atoms with Gasteiger partial charge >= 0.3 is 0 Å². The zero-order valence-electron chi connectivity index (χ0n) is 24.2. The van der Waals surface area contributed by atoms with Crippen molar-refractivity contribution >= 4 is 43.5 Å². The van der Waals surface area contributed by atoms with Gasteiger partial charge in [0, 0.05) is 27.5 Å². The minimum Gasteiger partial charge on any atom is -0.456 e. The Kier molecular flexibility index (Phi) is 5.78. The molecular weight excluding hydrogens is 550 g/mol. The molecule has 2 heterocycles. The summed E-state index contributed by atoms with van der Waals surface area (Å²) >= 11 is 0. The lowest BCUT2D eigenvalue weighted by molar-refractivity contribution is 0.669. The van der Waals surface area contributed by atoms with Gasteiger partial charge in [-0.25, -0.2) is 15.0 Å². The first-order valence-electron chi connectivity index (χ1n) is 15.0. The zero-order valence-corrected chi connectivity index (χ0v) is 24.2. The van der Waals surface area contributed by atoms with Crippen molar-refractivity contribution in [2.75, 3.05) is 0 Å². The molecule has 0 bridgehead atoms. The quantitative estimate of drug-likeness (QED) is 0.209. The summed E-state index contributed by atoms with van der Waals surface area (Å²) in [6.07, 6.45) is 0. The highest BCUT2D eigenvalue weighted by atomic mass is 16.3. The van der Waals surface area contributed by atoms with Gasteiger partial charge in [-0.05, 0) is 69.1 Å². The van der Waals surface area contributed by atoms with Crippen LogP contribution in [-0.4, -0.2) is 15.0 Å². The van der Waals surface area contributed by atoms with Crippen molar-refractivity contribution in [1.29, 1.82) is 0 Å². The van der Waals surface area contributed by atoms with Crippen molar-refractivity contribution < 1.29 is 4.42 Å². The number of hydrogen-bond acceptors (Lipinski definition) is 4. The van der Waals surface area contributed by atoms with E-state index in [-0.39, 0.29) is 0 Å². The molecule has 0 saturated carbocycles. The third kappa shape index (κ3) is 4.43. The molecule has 0 aliphatic carbocycles. The second-order valence-corrected chi connectivity index (χ2v) is 11.3. The molecule has 0 N–H and O–H groups in total. The number of hydrogen-bond donors (Lipinski definition) is 0. The predicted octanol–water partition coefficient (Wildman–Crippen LogP) is 10.7. The van der Waals surface area contributed by atoms with Gasteiger partial charge in [-0.2, -0.15) is 0 Å². The average molecular weight is 576 g/mol. The molecule has 4 nitrogen and oxygen atoms in total.